The Bertz CT molecular complexity index is 1060. The van der Waals surface area contributed by atoms with Crippen molar-refractivity contribution in [2.75, 3.05) is 17.3 Å². The van der Waals surface area contributed by atoms with Crippen molar-refractivity contribution >= 4 is 29.0 Å². The molecule has 3 aromatic rings. The summed E-state index contributed by atoms with van der Waals surface area (Å²) in [5, 5.41) is 5.42. The topological polar surface area (TPSA) is 73.8 Å². The molecule has 4 rings (SSSR count). The van der Waals surface area contributed by atoms with E-state index in [9.17, 15) is 9.59 Å². The summed E-state index contributed by atoms with van der Waals surface area (Å²) >= 11 is 0. The number of anilines is 2. The Balaban J connectivity index is 1.70. The van der Waals surface area contributed by atoms with Gasteiger partial charge in [0.15, 0.2) is 0 Å². The van der Waals surface area contributed by atoms with E-state index in [0.29, 0.717) is 11.4 Å². The lowest BCUT2D eigenvalue weighted by atomic mass is 10.0. The molecule has 1 aliphatic heterocycles. The lowest BCUT2D eigenvalue weighted by Gasteiger charge is -2.21. The number of benzene rings is 3. The number of nitrogens with one attached hydrogen (secondary N) is 2. The molecule has 1 atom stereocenters. The highest BCUT2D eigenvalue weighted by Gasteiger charge is 2.30. The molecule has 0 saturated heterocycles. The summed E-state index contributed by atoms with van der Waals surface area (Å²) < 4.78 is 0. The molecule has 3 aromatic carbocycles. The van der Waals surface area contributed by atoms with Crippen LogP contribution < -0.4 is 15.5 Å². The standard InChI is InChI=1S/C23H20N4O2/c1-27-19-15-9-8-14-18(19)20(16-10-4-2-5-11-16)25-21(22(27)28)26-23(29)24-17-12-6-3-7-13-17/h2-15,21H,1H3,(H2,24,26,29)/t21-/m1/s1. The zero-order valence-corrected chi connectivity index (χ0v) is 15.9. The number of hydrogen-bond acceptors (Lipinski definition) is 3. The number of para-hydroxylation sites is 2. The molecule has 3 amide bonds. The summed E-state index contributed by atoms with van der Waals surface area (Å²) in [6.45, 7) is 0. The van der Waals surface area contributed by atoms with Gasteiger partial charge in [-0.15, -0.1) is 0 Å². The minimum absolute atomic E-state index is 0.313. The fourth-order valence-corrected chi connectivity index (χ4v) is 3.26. The first kappa shape index (κ1) is 18.4. The number of amides is 3. The first-order valence-corrected chi connectivity index (χ1v) is 9.26. The van der Waals surface area contributed by atoms with Gasteiger partial charge in [-0.05, 0) is 18.2 Å². The van der Waals surface area contributed by atoms with Crippen molar-refractivity contribution < 1.29 is 9.59 Å². The van der Waals surface area contributed by atoms with Crippen molar-refractivity contribution in [2.24, 2.45) is 4.99 Å². The lowest BCUT2D eigenvalue weighted by molar-refractivity contribution is -0.119. The molecule has 1 aliphatic rings. The number of urea groups is 1. The number of nitrogens with zero attached hydrogens (tertiary/aromatic N) is 2. The number of fused-ring (bicyclic) bond motifs is 1. The molecule has 0 unspecified atom stereocenters. The number of aliphatic imine (C=N–C) groups is 1. The average Bonchev–Trinajstić information content (AvgIpc) is 2.86. The molecule has 0 spiro atoms. The van der Waals surface area contributed by atoms with Crippen molar-refractivity contribution in [1.29, 1.82) is 0 Å². The molecule has 6 heteroatoms. The van der Waals surface area contributed by atoms with E-state index < -0.39 is 12.2 Å². The zero-order chi connectivity index (χ0) is 20.2. The number of carbonyl (C=O) groups is 2. The van der Waals surface area contributed by atoms with Gasteiger partial charge < -0.3 is 15.5 Å². The van der Waals surface area contributed by atoms with E-state index in [-0.39, 0.29) is 5.91 Å². The van der Waals surface area contributed by atoms with Crippen molar-refractivity contribution in [2.45, 2.75) is 6.17 Å². The SMILES string of the molecule is CN1C(=O)[C@@H](NC(=O)Nc2ccccc2)N=C(c2ccccc2)c2ccccc21. The fraction of sp³-hybridized carbons (Fsp3) is 0.0870. The minimum Gasteiger partial charge on any atom is -0.311 e. The Labute approximate surface area is 168 Å². The highest BCUT2D eigenvalue weighted by Crippen LogP contribution is 2.27. The zero-order valence-electron chi connectivity index (χ0n) is 15.9. The van der Waals surface area contributed by atoms with Gasteiger partial charge in [0, 0.05) is 23.9 Å². The Morgan fingerprint density at radius 1 is 0.897 bits per heavy atom. The van der Waals surface area contributed by atoms with E-state index in [2.05, 4.69) is 15.6 Å². The van der Waals surface area contributed by atoms with E-state index in [4.69, 9.17) is 0 Å². The van der Waals surface area contributed by atoms with Crippen LogP contribution in [0.15, 0.2) is 89.9 Å². The summed E-state index contributed by atoms with van der Waals surface area (Å²) in [6, 6.07) is 25.8. The number of likely N-dealkylation sites (N-methyl/N-ethyl adjacent to an activating group) is 1. The van der Waals surface area contributed by atoms with Crippen LogP contribution in [0.1, 0.15) is 11.1 Å². The first-order valence-electron chi connectivity index (χ1n) is 9.26. The van der Waals surface area contributed by atoms with Gasteiger partial charge in [-0.25, -0.2) is 9.79 Å². The Kier molecular flexibility index (Phi) is 5.07. The van der Waals surface area contributed by atoms with Gasteiger partial charge in [0.1, 0.15) is 0 Å². The van der Waals surface area contributed by atoms with Gasteiger partial charge in [-0.2, -0.15) is 0 Å². The molecule has 6 nitrogen and oxygen atoms in total. The second-order valence-electron chi connectivity index (χ2n) is 6.63. The molecule has 0 bridgehead atoms. The molecular formula is C23H20N4O2. The molecule has 2 N–H and O–H groups in total. The fourth-order valence-electron chi connectivity index (χ4n) is 3.26. The molecule has 0 aliphatic carbocycles. The summed E-state index contributed by atoms with van der Waals surface area (Å²) in [5.41, 5.74) is 3.74. The number of benzodiazepines with no additional fused rings is 1. The van der Waals surface area contributed by atoms with Crippen molar-refractivity contribution in [3.63, 3.8) is 0 Å². The first-order chi connectivity index (χ1) is 14.1. The van der Waals surface area contributed by atoms with Gasteiger partial charge >= 0.3 is 6.03 Å². The molecular weight excluding hydrogens is 364 g/mol. The third-order valence-corrected chi connectivity index (χ3v) is 4.69. The second kappa shape index (κ2) is 7.98. The van der Waals surface area contributed by atoms with Crippen LogP contribution >= 0.6 is 0 Å². The predicted molar refractivity (Wildman–Crippen MR) is 114 cm³/mol. The molecule has 0 radical (unpaired) electrons. The minimum atomic E-state index is -1.05. The third-order valence-electron chi connectivity index (χ3n) is 4.69. The maximum Gasteiger partial charge on any atom is 0.321 e. The van der Waals surface area contributed by atoms with Crippen LogP contribution in [-0.4, -0.2) is 30.9 Å². The number of carbonyl (C=O) groups excluding carboxylic acids is 2. The van der Waals surface area contributed by atoms with E-state index in [0.717, 1.165) is 16.8 Å². The van der Waals surface area contributed by atoms with Gasteiger partial charge in [0.2, 0.25) is 6.17 Å². The average molecular weight is 384 g/mol. The van der Waals surface area contributed by atoms with Gasteiger partial charge in [0.25, 0.3) is 5.91 Å². The normalized spacial score (nSPS) is 15.8. The van der Waals surface area contributed by atoms with Gasteiger partial charge in [-0.1, -0.05) is 66.7 Å². The second-order valence-corrected chi connectivity index (χ2v) is 6.63. The van der Waals surface area contributed by atoms with Crippen molar-refractivity contribution in [3.8, 4) is 0 Å². The monoisotopic (exact) mass is 384 g/mol. The van der Waals surface area contributed by atoms with E-state index in [1.807, 2.05) is 72.8 Å². The summed E-state index contributed by atoms with van der Waals surface area (Å²) in [4.78, 5) is 31.7. The summed E-state index contributed by atoms with van der Waals surface area (Å²) in [7, 11) is 1.69. The smallest absolute Gasteiger partial charge is 0.311 e. The van der Waals surface area contributed by atoms with Crippen LogP contribution in [0.5, 0.6) is 0 Å². The van der Waals surface area contributed by atoms with Crippen LogP contribution in [0.25, 0.3) is 0 Å². The van der Waals surface area contributed by atoms with Crippen LogP contribution in [0.2, 0.25) is 0 Å². The maximum absolute atomic E-state index is 13.0. The molecule has 144 valence electrons. The third kappa shape index (κ3) is 3.87. The lowest BCUT2D eigenvalue weighted by Crippen LogP contribution is -2.47. The van der Waals surface area contributed by atoms with E-state index in [1.165, 1.54) is 4.90 Å². The summed E-state index contributed by atoms with van der Waals surface area (Å²) in [6.07, 6.45) is -1.05. The Morgan fingerprint density at radius 2 is 1.52 bits per heavy atom. The van der Waals surface area contributed by atoms with Crippen LogP contribution in [0.3, 0.4) is 0 Å². The highest BCUT2D eigenvalue weighted by molar-refractivity contribution is 6.20. The van der Waals surface area contributed by atoms with Gasteiger partial charge in [-0.3, -0.25) is 4.79 Å². The van der Waals surface area contributed by atoms with Crippen molar-refractivity contribution in [1.82, 2.24) is 5.32 Å². The summed E-state index contributed by atoms with van der Waals surface area (Å²) in [5.74, 6) is -0.313. The molecule has 1 heterocycles. The van der Waals surface area contributed by atoms with E-state index >= 15 is 0 Å². The largest absolute Gasteiger partial charge is 0.321 e. The Morgan fingerprint density at radius 3 is 2.24 bits per heavy atom. The highest BCUT2D eigenvalue weighted by atomic mass is 16.2. The molecule has 29 heavy (non-hydrogen) atoms. The van der Waals surface area contributed by atoms with Crippen LogP contribution in [0.4, 0.5) is 16.2 Å². The molecule has 0 aromatic heterocycles. The van der Waals surface area contributed by atoms with Crippen LogP contribution in [0, 0.1) is 0 Å². The molecule has 0 saturated carbocycles. The number of hydrogen-bond donors (Lipinski definition) is 2. The van der Waals surface area contributed by atoms with Gasteiger partial charge in [0.05, 0.1) is 11.4 Å². The van der Waals surface area contributed by atoms with Crippen LogP contribution in [-0.2, 0) is 4.79 Å². The maximum atomic E-state index is 13.0. The number of rotatable bonds is 3. The Hall–Kier alpha value is -3.93. The molecule has 0 fully saturated rings. The quantitative estimate of drug-likeness (QED) is 0.723. The van der Waals surface area contributed by atoms with Crippen molar-refractivity contribution in [3.05, 3.63) is 96.1 Å². The predicted octanol–water partition coefficient (Wildman–Crippen LogP) is 3.65. The van der Waals surface area contributed by atoms with E-state index in [1.54, 1.807) is 19.2 Å².